The number of nitrogens with zero attached hydrogens (tertiary/aromatic N) is 1. The van der Waals surface area contributed by atoms with Crippen LogP contribution in [0.25, 0.3) is 0 Å². The van der Waals surface area contributed by atoms with E-state index in [1.165, 1.54) is 6.92 Å². The molecule has 1 saturated heterocycles. The van der Waals surface area contributed by atoms with Gasteiger partial charge in [0.25, 0.3) is 0 Å². The SMILES string of the molecule is CC1(C2CC2)C(=O)NC(C2CC2)C(=O)N1CC(F)(F)F. The molecule has 3 aliphatic rings. The molecular formula is C13H17F3N2O2. The second-order valence-electron chi connectivity index (χ2n) is 6.25. The van der Waals surface area contributed by atoms with E-state index in [1.807, 2.05) is 0 Å². The minimum absolute atomic E-state index is 0.00550. The fourth-order valence-electron chi connectivity index (χ4n) is 3.09. The van der Waals surface area contributed by atoms with Crippen molar-refractivity contribution in [2.45, 2.75) is 50.4 Å². The summed E-state index contributed by atoms with van der Waals surface area (Å²) in [5.41, 5.74) is -1.35. The maximum Gasteiger partial charge on any atom is 0.406 e. The second kappa shape index (κ2) is 4.11. The third-order valence-electron chi connectivity index (χ3n) is 4.64. The van der Waals surface area contributed by atoms with Crippen LogP contribution in [-0.2, 0) is 9.59 Å². The molecule has 0 aromatic rings. The number of hydrogen-bond acceptors (Lipinski definition) is 2. The summed E-state index contributed by atoms with van der Waals surface area (Å²) in [7, 11) is 0. The Kier molecular flexibility index (Phi) is 2.82. The van der Waals surface area contributed by atoms with Crippen LogP contribution in [0.5, 0.6) is 0 Å². The van der Waals surface area contributed by atoms with E-state index in [2.05, 4.69) is 5.32 Å². The van der Waals surface area contributed by atoms with Crippen LogP contribution in [0, 0.1) is 11.8 Å². The summed E-state index contributed by atoms with van der Waals surface area (Å²) in [6.45, 7) is 0.127. The minimum Gasteiger partial charge on any atom is -0.342 e. The smallest absolute Gasteiger partial charge is 0.342 e. The Morgan fingerprint density at radius 3 is 2.30 bits per heavy atom. The highest BCUT2D eigenvalue weighted by atomic mass is 19.4. The number of carbonyl (C=O) groups is 2. The first-order chi connectivity index (χ1) is 9.23. The number of hydrogen-bond donors (Lipinski definition) is 1. The van der Waals surface area contributed by atoms with Gasteiger partial charge in [0, 0.05) is 0 Å². The van der Waals surface area contributed by atoms with E-state index in [0.717, 1.165) is 17.7 Å². The predicted molar refractivity (Wildman–Crippen MR) is 63.6 cm³/mol. The molecule has 2 atom stereocenters. The van der Waals surface area contributed by atoms with Gasteiger partial charge in [0.15, 0.2) is 0 Å². The Labute approximate surface area is 114 Å². The Bertz CT molecular complexity index is 457. The molecule has 0 radical (unpaired) electrons. The summed E-state index contributed by atoms with van der Waals surface area (Å²) in [4.78, 5) is 25.5. The topological polar surface area (TPSA) is 49.4 Å². The number of rotatable bonds is 3. The molecule has 2 amide bonds. The molecule has 3 rings (SSSR count). The summed E-state index contributed by atoms with van der Waals surface area (Å²) >= 11 is 0. The molecule has 0 bridgehead atoms. The molecule has 1 heterocycles. The van der Waals surface area contributed by atoms with E-state index in [1.54, 1.807) is 0 Å². The summed E-state index contributed by atoms with van der Waals surface area (Å²) < 4.78 is 38.4. The summed E-state index contributed by atoms with van der Waals surface area (Å²) in [5, 5.41) is 2.66. The molecule has 0 aromatic heterocycles. The number of halogens is 3. The molecule has 112 valence electrons. The Hall–Kier alpha value is -1.27. The molecule has 2 saturated carbocycles. The van der Waals surface area contributed by atoms with Crippen LogP contribution in [-0.4, -0.2) is 41.0 Å². The standard InChI is InChI=1S/C13H17F3N2O2/c1-12(8-4-5-8)11(20)17-9(7-2-3-7)10(19)18(12)6-13(14,15)16/h7-9H,2-6H2,1H3,(H,17,20). The summed E-state index contributed by atoms with van der Waals surface area (Å²) in [5.74, 6) is -1.15. The lowest BCUT2D eigenvalue weighted by Crippen LogP contribution is -2.72. The van der Waals surface area contributed by atoms with Crippen molar-refractivity contribution in [2.75, 3.05) is 6.54 Å². The second-order valence-corrected chi connectivity index (χ2v) is 6.25. The third-order valence-corrected chi connectivity index (χ3v) is 4.64. The van der Waals surface area contributed by atoms with E-state index in [4.69, 9.17) is 0 Å². The van der Waals surface area contributed by atoms with Gasteiger partial charge in [0.1, 0.15) is 18.1 Å². The number of alkyl halides is 3. The molecule has 2 unspecified atom stereocenters. The van der Waals surface area contributed by atoms with Crippen molar-refractivity contribution in [2.24, 2.45) is 11.8 Å². The predicted octanol–water partition coefficient (Wildman–Crippen LogP) is 1.45. The van der Waals surface area contributed by atoms with Crippen molar-refractivity contribution >= 4 is 11.8 Å². The van der Waals surface area contributed by atoms with Gasteiger partial charge in [0.2, 0.25) is 11.8 Å². The van der Waals surface area contributed by atoms with Crippen LogP contribution in [0.2, 0.25) is 0 Å². The lowest BCUT2D eigenvalue weighted by atomic mass is 9.87. The van der Waals surface area contributed by atoms with E-state index in [-0.39, 0.29) is 11.8 Å². The number of piperazine rings is 1. The molecule has 4 nitrogen and oxygen atoms in total. The molecule has 20 heavy (non-hydrogen) atoms. The van der Waals surface area contributed by atoms with Crippen molar-refractivity contribution < 1.29 is 22.8 Å². The van der Waals surface area contributed by atoms with Gasteiger partial charge in [-0.2, -0.15) is 13.2 Å². The zero-order chi connectivity index (χ0) is 14.7. The van der Waals surface area contributed by atoms with E-state index >= 15 is 0 Å². The van der Waals surface area contributed by atoms with Crippen LogP contribution in [0.4, 0.5) is 13.2 Å². The van der Waals surface area contributed by atoms with E-state index in [9.17, 15) is 22.8 Å². The maximum absolute atomic E-state index is 12.8. The minimum atomic E-state index is -4.49. The number of carbonyl (C=O) groups excluding carboxylic acids is 2. The van der Waals surface area contributed by atoms with Gasteiger partial charge in [-0.05, 0) is 44.4 Å². The Morgan fingerprint density at radius 2 is 1.85 bits per heavy atom. The van der Waals surface area contributed by atoms with Crippen molar-refractivity contribution in [3.63, 3.8) is 0 Å². The first-order valence-corrected chi connectivity index (χ1v) is 6.92. The Balaban J connectivity index is 1.91. The van der Waals surface area contributed by atoms with Crippen LogP contribution < -0.4 is 5.32 Å². The summed E-state index contributed by atoms with van der Waals surface area (Å²) in [6.07, 6.45) is -1.52. The van der Waals surface area contributed by atoms with Gasteiger partial charge in [-0.3, -0.25) is 9.59 Å². The van der Waals surface area contributed by atoms with Crippen molar-refractivity contribution in [1.29, 1.82) is 0 Å². The van der Waals surface area contributed by atoms with Gasteiger partial charge in [-0.15, -0.1) is 0 Å². The lowest BCUT2D eigenvalue weighted by Gasteiger charge is -2.47. The highest BCUT2D eigenvalue weighted by molar-refractivity contribution is 6.00. The maximum atomic E-state index is 12.8. The molecule has 0 aromatic carbocycles. The van der Waals surface area contributed by atoms with Gasteiger partial charge in [-0.1, -0.05) is 0 Å². The first-order valence-electron chi connectivity index (χ1n) is 6.92. The molecule has 2 aliphatic carbocycles. The van der Waals surface area contributed by atoms with Gasteiger partial charge in [0.05, 0.1) is 0 Å². The highest BCUT2D eigenvalue weighted by Gasteiger charge is 2.60. The number of nitrogens with one attached hydrogen (secondary N) is 1. The quantitative estimate of drug-likeness (QED) is 0.855. The van der Waals surface area contributed by atoms with Crippen LogP contribution in [0.15, 0.2) is 0 Å². The molecule has 0 spiro atoms. The zero-order valence-corrected chi connectivity index (χ0v) is 11.2. The van der Waals surface area contributed by atoms with Gasteiger partial charge in [-0.25, -0.2) is 0 Å². The van der Waals surface area contributed by atoms with Gasteiger partial charge < -0.3 is 10.2 Å². The summed E-state index contributed by atoms with van der Waals surface area (Å²) in [6, 6.07) is -0.767. The average molecular weight is 290 g/mol. The Morgan fingerprint density at radius 1 is 1.25 bits per heavy atom. The lowest BCUT2D eigenvalue weighted by molar-refractivity contribution is -0.184. The molecule has 1 N–H and O–H groups in total. The monoisotopic (exact) mass is 290 g/mol. The zero-order valence-electron chi connectivity index (χ0n) is 11.2. The number of amides is 2. The van der Waals surface area contributed by atoms with Crippen LogP contribution in [0.1, 0.15) is 32.6 Å². The van der Waals surface area contributed by atoms with Crippen molar-refractivity contribution in [1.82, 2.24) is 10.2 Å². The molecule has 1 aliphatic heterocycles. The third kappa shape index (κ3) is 2.16. The van der Waals surface area contributed by atoms with Gasteiger partial charge >= 0.3 is 6.18 Å². The average Bonchev–Trinajstić information content (AvgIpc) is 3.17. The van der Waals surface area contributed by atoms with E-state index < -0.39 is 36.1 Å². The molecule has 3 fully saturated rings. The first kappa shape index (κ1) is 13.7. The van der Waals surface area contributed by atoms with E-state index in [0.29, 0.717) is 12.8 Å². The fraction of sp³-hybridized carbons (Fsp3) is 0.846. The fourth-order valence-corrected chi connectivity index (χ4v) is 3.09. The normalized spacial score (nSPS) is 35.2. The van der Waals surface area contributed by atoms with Crippen molar-refractivity contribution in [3.8, 4) is 0 Å². The molecule has 7 heteroatoms. The largest absolute Gasteiger partial charge is 0.406 e. The van der Waals surface area contributed by atoms with Crippen LogP contribution in [0.3, 0.4) is 0 Å². The van der Waals surface area contributed by atoms with Crippen LogP contribution >= 0.6 is 0 Å². The van der Waals surface area contributed by atoms with Crippen molar-refractivity contribution in [3.05, 3.63) is 0 Å². The molecular weight excluding hydrogens is 273 g/mol. The highest BCUT2D eigenvalue weighted by Crippen LogP contribution is 2.47.